The lowest BCUT2D eigenvalue weighted by Crippen LogP contribution is -2.50. The van der Waals surface area contributed by atoms with Crippen molar-refractivity contribution in [1.82, 2.24) is 15.3 Å². The highest BCUT2D eigenvalue weighted by Gasteiger charge is 2.33. The van der Waals surface area contributed by atoms with Crippen LogP contribution in [0.1, 0.15) is 66.9 Å². The lowest BCUT2D eigenvalue weighted by atomic mass is 9.88. The molecule has 0 aliphatic heterocycles. The van der Waals surface area contributed by atoms with Crippen molar-refractivity contribution >= 4 is 64.2 Å². The van der Waals surface area contributed by atoms with Crippen molar-refractivity contribution in [3.8, 4) is 0 Å². The Morgan fingerprint density at radius 1 is 1.08 bits per heavy atom. The number of anilines is 2. The molecule has 1 aliphatic rings. The van der Waals surface area contributed by atoms with E-state index in [1.807, 2.05) is 13.8 Å². The van der Waals surface area contributed by atoms with Crippen molar-refractivity contribution in [2.45, 2.75) is 52.0 Å². The van der Waals surface area contributed by atoms with Crippen LogP contribution in [0.3, 0.4) is 0 Å². The first-order chi connectivity index (χ1) is 17.7. The summed E-state index contributed by atoms with van der Waals surface area (Å²) in [6, 6.07) is 8.08. The second-order valence-corrected chi connectivity index (χ2v) is 10.2. The standard InChI is InChI=1S/C27H32ClN5O4.ClH/c1-16(2)31-33(26(35)17-8-6-5-7-9-17)23-20(27(36)32(3)4)12-10-18-14-21(37-24(18)23)25(34)30-22-13-11-19(28)15-29-22;/h10-17,31H,5-9H2,1-4H3,(H,29,30,34);1H. The zero-order chi connectivity index (χ0) is 26.7. The van der Waals surface area contributed by atoms with Gasteiger partial charge in [-0.25, -0.2) is 15.4 Å². The van der Waals surface area contributed by atoms with E-state index in [-0.39, 0.29) is 47.5 Å². The molecule has 3 amide bonds. The van der Waals surface area contributed by atoms with Crippen LogP contribution in [0.25, 0.3) is 11.0 Å². The summed E-state index contributed by atoms with van der Waals surface area (Å²) in [5, 5.41) is 5.19. The Morgan fingerprint density at radius 2 is 1.79 bits per heavy atom. The molecular weight excluding hydrogens is 529 g/mol. The van der Waals surface area contributed by atoms with Crippen LogP contribution in [0.15, 0.2) is 40.9 Å². The number of benzene rings is 1. The van der Waals surface area contributed by atoms with Gasteiger partial charge in [-0.1, -0.05) is 36.9 Å². The molecule has 1 fully saturated rings. The number of rotatable bonds is 7. The monoisotopic (exact) mass is 561 g/mol. The third-order valence-electron chi connectivity index (χ3n) is 6.28. The summed E-state index contributed by atoms with van der Waals surface area (Å²) in [5.41, 5.74) is 4.12. The third kappa shape index (κ3) is 6.46. The number of aromatic nitrogens is 1. The van der Waals surface area contributed by atoms with E-state index in [9.17, 15) is 14.4 Å². The predicted molar refractivity (Wildman–Crippen MR) is 151 cm³/mol. The summed E-state index contributed by atoms with van der Waals surface area (Å²) in [6.07, 6.45) is 6.11. The Kier molecular flexibility index (Phi) is 9.76. The Hall–Kier alpha value is -3.14. The van der Waals surface area contributed by atoms with Crippen molar-refractivity contribution in [2.75, 3.05) is 24.4 Å². The molecule has 2 heterocycles. The number of halogens is 2. The van der Waals surface area contributed by atoms with Gasteiger partial charge in [-0.2, -0.15) is 0 Å². The Bertz CT molecular complexity index is 1300. The van der Waals surface area contributed by atoms with Gasteiger partial charge in [0.05, 0.1) is 10.6 Å². The van der Waals surface area contributed by atoms with E-state index in [1.165, 1.54) is 16.1 Å². The van der Waals surface area contributed by atoms with Crippen molar-refractivity contribution < 1.29 is 18.8 Å². The highest BCUT2D eigenvalue weighted by atomic mass is 35.5. The van der Waals surface area contributed by atoms with E-state index >= 15 is 0 Å². The van der Waals surface area contributed by atoms with Crippen LogP contribution < -0.4 is 15.8 Å². The van der Waals surface area contributed by atoms with E-state index in [0.717, 1.165) is 32.1 Å². The van der Waals surface area contributed by atoms with E-state index in [2.05, 4.69) is 15.7 Å². The topological polar surface area (TPSA) is 108 Å². The van der Waals surface area contributed by atoms with Crippen LogP contribution in [0.5, 0.6) is 0 Å². The summed E-state index contributed by atoms with van der Waals surface area (Å²) < 4.78 is 6.06. The lowest BCUT2D eigenvalue weighted by Gasteiger charge is -2.32. The van der Waals surface area contributed by atoms with Gasteiger partial charge >= 0.3 is 0 Å². The molecule has 9 nitrogen and oxygen atoms in total. The number of carbonyl (C=O) groups is 3. The molecule has 1 aromatic carbocycles. The Labute approximate surface area is 233 Å². The molecule has 2 N–H and O–H groups in total. The van der Waals surface area contributed by atoms with E-state index in [0.29, 0.717) is 27.5 Å². The van der Waals surface area contributed by atoms with Gasteiger partial charge < -0.3 is 14.6 Å². The maximum atomic E-state index is 13.8. The highest BCUT2D eigenvalue weighted by molar-refractivity contribution is 6.30. The van der Waals surface area contributed by atoms with E-state index in [1.54, 1.807) is 44.4 Å². The summed E-state index contributed by atoms with van der Waals surface area (Å²) in [6.45, 7) is 3.85. The van der Waals surface area contributed by atoms with Crippen LogP contribution in [-0.2, 0) is 4.79 Å². The van der Waals surface area contributed by atoms with Crippen molar-refractivity contribution in [3.05, 3.63) is 52.9 Å². The number of nitrogens with zero attached hydrogens (tertiary/aromatic N) is 3. The van der Waals surface area contributed by atoms with Crippen molar-refractivity contribution in [2.24, 2.45) is 5.92 Å². The van der Waals surface area contributed by atoms with Gasteiger partial charge in [0, 0.05) is 37.6 Å². The quantitative estimate of drug-likeness (QED) is 0.359. The minimum Gasteiger partial charge on any atom is -0.449 e. The molecule has 0 radical (unpaired) electrons. The van der Waals surface area contributed by atoms with Crippen LogP contribution in [0.4, 0.5) is 11.5 Å². The number of hydrogen-bond donors (Lipinski definition) is 2. The molecule has 0 unspecified atom stereocenters. The van der Waals surface area contributed by atoms with Crippen LogP contribution >= 0.6 is 24.0 Å². The number of fused-ring (bicyclic) bond motifs is 1. The average Bonchev–Trinajstić information content (AvgIpc) is 3.32. The fourth-order valence-corrected chi connectivity index (χ4v) is 4.60. The molecule has 1 aliphatic carbocycles. The van der Waals surface area contributed by atoms with Gasteiger partial charge in [0.25, 0.3) is 11.8 Å². The summed E-state index contributed by atoms with van der Waals surface area (Å²) in [5.74, 6) is -0.727. The molecule has 0 atom stereocenters. The maximum Gasteiger partial charge on any atom is 0.292 e. The number of carbonyl (C=O) groups excluding carboxylic acids is 3. The highest BCUT2D eigenvalue weighted by Crippen LogP contribution is 2.36. The fraction of sp³-hybridized carbons (Fsp3) is 0.407. The zero-order valence-corrected chi connectivity index (χ0v) is 23.5. The summed E-state index contributed by atoms with van der Waals surface area (Å²) in [4.78, 5) is 45.6. The number of furan rings is 1. The number of amides is 3. The molecule has 0 spiro atoms. The van der Waals surface area contributed by atoms with Crippen LogP contribution in [0, 0.1) is 5.92 Å². The number of nitrogens with one attached hydrogen (secondary N) is 2. The lowest BCUT2D eigenvalue weighted by molar-refractivity contribution is -0.124. The molecular formula is C27H33Cl2N5O4. The predicted octanol–water partition coefficient (Wildman–Crippen LogP) is 5.68. The van der Waals surface area contributed by atoms with Gasteiger partial charge in [-0.3, -0.25) is 14.4 Å². The van der Waals surface area contributed by atoms with Gasteiger partial charge in [0.15, 0.2) is 11.3 Å². The summed E-state index contributed by atoms with van der Waals surface area (Å²) in [7, 11) is 3.30. The van der Waals surface area contributed by atoms with Gasteiger partial charge in [0.2, 0.25) is 5.91 Å². The zero-order valence-electron chi connectivity index (χ0n) is 21.9. The maximum absolute atomic E-state index is 13.8. The molecule has 3 aromatic rings. The Balaban J connectivity index is 0.00000400. The van der Waals surface area contributed by atoms with Gasteiger partial charge in [-0.15, -0.1) is 12.4 Å². The second kappa shape index (κ2) is 12.6. The molecule has 204 valence electrons. The van der Waals surface area contributed by atoms with Crippen molar-refractivity contribution in [1.29, 1.82) is 0 Å². The minimum absolute atomic E-state index is 0. The smallest absolute Gasteiger partial charge is 0.292 e. The molecule has 0 bridgehead atoms. The number of hydrogen-bond acceptors (Lipinski definition) is 6. The molecule has 2 aromatic heterocycles. The summed E-state index contributed by atoms with van der Waals surface area (Å²) >= 11 is 5.88. The first-order valence-corrected chi connectivity index (χ1v) is 12.8. The van der Waals surface area contributed by atoms with Gasteiger partial charge in [0.1, 0.15) is 11.5 Å². The van der Waals surface area contributed by atoms with Crippen molar-refractivity contribution in [3.63, 3.8) is 0 Å². The molecule has 11 heteroatoms. The van der Waals surface area contributed by atoms with Crippen LogP contribution in [0.2, 0.25) is 5.02 Å². The molecule has 0 saturated heterocycles. The second-order valence-electron chi connectivity index (χ2n) is 9.80. The average molecular weight is 562 g/mol. The minimum atomic E-state index is -0.514. The first-order valence-electron chi connectivity index (χ1n) is 12.5. The fourth-order valence-electron chi connectivity index (χ4n) is 4.49. The number of hydrazine groups is 1. The SMILES string of the molecule is CC(C)NN(C(=O)C1CCCCC1)c1c(C(=O)N(C)C)ccc2cc(C(=O)Nc3ccc(Cl)cn3)oc12.Cl. The molecule has 38 heavy (non-hydrogen) atoms. The third-order valence-corrected chi connectivity index (χ3v) is 6.50. The molecule has 1 saturated carbocycles. The molecule has 4 rings (SSSR count). The van der Waals surface area contributed by atoms with E-state index in [4.69, 9.17) is 16.0 Å². The van der Waals surface area contributed by atoms with Gasteiger partial charge in [-0.05, 0) is 51.0 Å². The van der Waals surface area contributed by atoms with E-state index < -0.39 is 5.91 Å². The first kappa shape index (κ1) is 29.4. The largest absolute Gasteiger partial charge is 0.449 e. The van der Waals surface area contributed by atoms with Crippen LogP contribution in [-0.4, -0.2) is 47.7 Å². The number of pyridine rings is 1. The normalized spacial score (nSPS) is 13.7. The Morgan fingerprint density at radius 3 is 2.39 bits per heavy atom.